The number of pyridine rings is 2. The summed E-state index contributed by atoms with van der Waals surface area (Å²) < 4.78 is 48.0. The molecule has 0 unspecified atom stereocenters. The zero-order valence-corrected chi connectivity index (χ0v) is 32.9. The molecule has 3 nitrogen and oxygen atoms in total. The van der Waals surface area contributed by atoms with Gasteiger partial charge < -0.3 is 14.0 Å². The Kier molecular flexibility index (Phi) is 8.42. The first-order chi connectivity index (χ1) is 26.2. The van der Waals surface area contributed by atoms with Gasteiger partial charge in [-0.25, -0.2) is 0 Å². The van der Waals surface area contributed by atoms with Crippen LogP contribution >= 0.6 is 0 Å². The Morgan fingerprint density at radius 3 is 2.35 bits per heavy atom. The van der Waals surface area contributed by atoms with E-state index in [1.165, 1.54) is 21.7 Å². The molecule has 3 heterocycles. The van der Waals surface area contributed by atoms with Gasteiger partial charge in [-0.2, -0.15) is 18.6 Å². The van der Waals surface area contributed by atoms with Crippen molar-refractivity contribution in [2.24, 2.45) is 5.41 Å². The van der Waals surface area contributed by atoms with Gasteiger partial charge in [0.2, 0.25) is 0 Å². The van der Waals surface area contributed by atoms with E-state index in [1.54, 1.807) is 30.5 Å². The molecule has 0 atom stereocenters. The van der Waals surface area contributed by atoms with Gasteiger partial charge in [0.1, 0.15) is 5.58 Å². The summed E-state index contributed by atoms with van der Waals surface area (Å²) in [6, 6.07) is 37.0. The number of hydrogen-bond acceptors (Lipinski definition) is 2. The third kappa shape index (κ3) is 7.51. The molecule has 8 aromatic rings. The second-order valence-corrected chi connectivity index (χ2v) is 15.3. The number of fused-ring (bicyclic) bond motifs is 6. The summed E-state index contributed by atoms with van der Waals surface area (Å²) in [5.41, 5.74) is 7.04. The number of furan rings is 1. The Balaban J connectivity index is 0.000000208. The molecule has 0 spiro atoms. The molecule has 4 heteroatoms. The number of rotatable bonds is 3. The molecule has 52 heavy (non-hydrogen) atoms. The van der Waals surface area contributed by atoms with Crippen molar-refractivity contribution in [3.05, 3.63) is 158 Å². The number of benzene rings is 5. The van der Waals surface area contributed by atoms with Crippen LogP contribution in [0.25, 0.3) is 66.0 Å². The van der Waals surface area contributed by atoms with Crippen LogP contribution in [0.15, 0.2) is 120 Å². The van der Waals surface area contributed by atoms with Gasteiger partial charge in [-0.1, -0.05) is 126 Å². The summed E-state index contributed by atoms with van der Waals surface area (Å²) in [5.74, 6) is 0. The molecule has 8 rings (SSSR count). The van der Waals surface area contributed by atoms with Crippen molar-refractivity contribution < 1.29 is 35.9 Å². The van der Waals surface area contributed by atoms with Crippen LogP contribution in [0, 0.1) is 32.3 Å². The fraction of sp³-hybridized carbons (Fsp3) is 0.208. The SMILES string of the molecule is [2H]C([2H])([2H])c1ccc(-c2ccc(C(C)(C)C)c[n+]2[CH2-])c([CH2-])c1.[2H]C([2H])(c1ccnc(-c2[c-]ccc3c2oc2cc4c(ccc5ccccc54)cc23)c1)C(C)(C)C.[Ir+3]. The third-order valence-corrected chi connectivity index (χ3v) is 9.10. The zero-order chi connectivity index (χ0) is 40.4. The maximum atomic E-state index is 8.68. The number of hydrogen-bond donors (Lipinski definition) is 0. The molecule has 0 fully saturated rings. The normalized spacial score (nSPS) is 13.8. The molecule has 3 aromatic heterocycles. The van der Waals surface area contributed by atoms with Crippen molar-refractivity contribution in [3.8, 4) is 22.5 Å². The van der Waals surface area contributed by atoms with Gasteiger partial charge in [-0.3, -0.25) is 0 Å². The molecule has 0 aliphatic carbocycles. The standard InChI is InChI=1S/C30H24NO.C18H22N.Ir/c1-30(2,3)18-19-13-14-31-27(15-19)24-10-6-9-23-26-16-21-12-11-20-7-4-5-8-22(20)25(21)17-28(26)32-29(23)24;1-13-7-9-16(14(2)11-13)17-10-8-15(12-19(17)6)18(3,4)5;/h4-9,11-17H,18H2,1-3H3;7-12H,2,6H2,1,3-5H3;/q2*-1;+3/i18D2;1D3;. The molecule has 0 amide bonds. The van der Waals surface area contributed by atoms with E-state index in [0.29, 0.717) is 22.4 Å². The number of aryl methyl sites for hydroxylation is 1. The van der Waals surface area contributed by atoms with Crippen molar-refractivity contribution in [1.82, 2.24) is 4.98 Å². The van der Waals surface area contributed by atoms with E-state index in [2.05, 4.69) is 100 Å². The zero-order valence-electron chi connectivity index (χ0n) is 35.5. The largest absolute Gasteiger partial charge is 3.00 e. The van der Waals surface area contributed by atoms with Crippen molar-refractivity contribution in [1.29, 1.82) is 0 Å². The maximum Gasteiger partial charge on any atom is 3.00 e. The van der Waals surface area contributed by atoms with Crippen LogP contribution in [0.1, 0.15) is 70.7 Å². The van der Waals surface area contributed by atoms with Crippen LogP contribution in [0.4, 0.5) is 0 Å². The quantitative estimate of drug-likeness (QED) is 0.101. The second-order valence-electron chi connectivity index (χ2n) is 15.3. The molecule has 0 bridgehead atoms. The number of nitrogens with zero attached hydrogens (tertiary/aromatic N) is 2. The average molecular weight is 864 g/mol. The molecule has 5 aromatic carbocycles. The third-order valence-electron chi connectivity index (χ3n) is 9.10. The summed E-state index contributed by atoms with van der Waals surface area (Å²) in [6.45, 7) is 14.1. The Labute approximate surface area is 329 Å². The van der Waals surface area contributed by atoms with Crippen molar-refractivity contribution in [3.63, 3.8) is 0 Å². The monoisotopic (exact) mass is 864 g/mol. The topological polar surface area (TPSA) is 29.9 Å². The first-order valence-corrected chi connectivity index (χ1v) is 17.2. The summed E-state index contributed by atoms with van der Waals surface area (Å²) in [6.07, 6.45) is 2.17. The van der Waals surface area contributed by atoms with E-state index >= 15 is 0 Å². The predicted molar refractivity (Wildman–Crippen MR) is 215 cm³/mol. The van der Waals surface area contributed by atoms with E-state index in [-0.39, 0.29) is 25.5 Å². The second kappa shape index (κ2) is 14.3. The first kappa shape index (κ1) is 30.7. The van der Waals surface area contributed by atoms with Crippen LogP contribution in [-0.4, -0.2) is 4.98 Å². The van der Waals surface area contributed by atoms with Gasteiger partial charge in [-0.15, -0.1) is 35.4 Å². The van der Waals surface area contributed by atoms with Crippen molar-refractivity contribution >= 4 is 43.5 Å². The van der Waals surface area contributed by atoms with E-state index in [9.17, 15) is 0 Å². The van der Waals surface area contributed by atoms with Gasteiger partial charge in [0.15, 0.2) is 0 Å². The van der Waals surface area contributed by atoms with Crippen molar-refractivity contribution in [2.75, 3.05) is 0 Å². The van der Waals surface area contributed by atoms with E-state index in [0.717, 1.165) is 44.1 Å². The minimum Gasteiger partial charge on any atom is -0.501 e. The van der Waals surface area contributed by atoms with Gasteiger partial charge in [0.25, 0.3) is 0 Å². The molecular weight excluding hydrogens is 813 g/mol. The van der Waals surface area contributed by atoms with Crippen LogP contribution in [-0.2, 0) is 31.9 Å². The van der Waals surface area contributed by atoms with Crippen molar-refractivity contribution in [2.45, 2.75) is 60.2 Å². The summed E-state index contributed by atoms with van der Waals surface area (Å²) in [5, 5.41) is 6.79. The average Bonchev–Trinajstić information content (AvgIpc) is 3.51. The van der Waals surface area contributed by atoms with E-state index < -0.39 is 18.6 Å². The van der Waals surface area contributed by atoms with Gasteiger partial charge in [0.05, 0.1) is 17.5 Å². The molecule has 0 saturated heterocycles. The smallest absolute Gasteiger partial charge is 0.501 e. The van der Waals surface area contributed by atoms with Crippen LogP contribution < -0.4 is 4.57 Å². The molecule has 0 saturated carbocycles. The minimum absolute atomic E-state index is 0. The van der Waals surface area contributed by atoms with Gasteiger partial charge in [-0.05, 0) is 68.2 Å². The minimum atomic E-state index is -2.11. The fourth-order valence-corrected chi connectivity index (χ4v) is 6.59. The van der Waals surface area contributed by atoms with Gasteiger partial charge >= 0.3 is 20.1 Å². The molecule has 0 radical (unpaired) electrons. The molecule has 262 valence electrons. The van der Waals surface area contributed by atoms with Crippen LogP contribution in [0.3, 0.4) is 0 Å². The van der Waals surface area contributed by atoms with Crippen LogP contribution in [0.5, 0.6) is 0 Å². The Hall–Kier alpha value is -4.89. The summed E-state index contributed by atoms with van der Waals surface area (Å²) in [7, 11) is 4.06. The maximum absolute atomic E-state index is 8.68. The molecule has 0 aliphatic rings. The van der Waals surface area contributed by atoms with E-state index in [4.69, 9.17) is 11.3 Å². The predicted octanol–water partition coefficient (Wildman–Crippen LogP) is 12.4. The molecule has 0 N–H and O–H groups in total. The van der Waals surface area contributed by atoms with Gasteiger partial charge in [0, 0.05) is 25.5 Å². The Morgan fingerprint density at radius 2 is 1.62 bits per heavy atom. The summed E-state index contributed by atoms with van der Waals surface area (Å²) >= 11 is 0. The molecular formula is C48H46IrN2O+. The molecule has 0 aliphatic heterocycles. The Bertz CT molecular complexity index is 2710. The first-order valence-electron chi connectivity index (χ1n) is 19.7. The summed E-state index contributed by atoms with van der Waals surface area (Å²) in [4.78, 5) is 4.56. The fourth-order valence-electron chi connectivity index (χ4n) is 6.59. The van der Waals surface area contributed by atoms with Crippen LogP contribution in [0.2, 0.25) is 0 Å². The van der Waals surface area contributed by atoms with E-state index in [1.807, 2.05) is 55.8 Å². The number of aromatic nitrogens is 2. The Morgan fingerprint density at radius 1 is 0.827 bits per heavy atom.